The van der Waals surface area contributed by atoms with E-state index in [1.807, 2.05) is 12.1 Å². The third kappa shape index (κ3) is 4.51. The quantitative estimate of drug-likeness (QED) is 0.860. The van der Waals surface area contributed by atoms with Crippen LogP contribution >= 0.6 is 0 Å². The lowest BCUT2D eigenvalue weighted by atomic mass is 9.96. The second kappa shape index (κ2) is 6.87. The van der Waals surface area contributed by atoms with Crippen LogP contribution in [-0.4, -0.2) is 40.0 Å². The number of hydrogen-bond donors (Lipinski definition) is 2. The van der Waals surface area contributed by atoms with E-state index in [2.05, 4.69) is 24.2 Å². The second-order valence-electron chi connectivity index (χ2n) is 5.92. The SMILES string of the molecule is CC(c1ccc(S(N)(=O)=O)cc1)N(C)CC1CCNCC1. The van der Waals surface area contributed by atoms with Gasteiger partial charge in [0.1, 0.15) is 0 Å². The molecule has 1 aromatic carbocycles. The second-order valence-corrected chi connectivity index (χ2v) is 7.48. The molecule has 5 nitrogen and oxygen atoms in total. The van der Waals surface area contributed by atoms with Gasteiger partial charge in [0, 0.05) is 12.6 Å². The number of nitrogens with one attached hydrogen (secondary N) is 1. The summed E-state index contributed by atoms with van der Waals surface area (Å²) < 4.78 is 22.5. The Morgan fingerprint density at radius 2 is 1.86 bits per heavy atom. The molecule has 1 aliphatic rings. The summed E-state index contributed by atoms with van der Waals surface area (Å²) in [7, 11) is -1.48. The highest BCUT2D eigenvalue weighted by atomic mass is 32.2. The molecule has 6 heteroatoms. The van der Waals surface area contributed by atoms with Gasteiger partial charge in [-0.2, -0.15) is 0 Å². The Balaban J connectivity index is 1.99. The number of primary sulfonamides is 1. The maximum Gasteiger partial charge on any atom is 0.238 e. The Morgan fingerprint density at radius 1 is 1.29 bits per heavy atom. The molecule has 3 N–H and O–H groups in total. The summed E-state index contributed by atoms with van der Waals surface area (Å²) in [5.41, 5.74) is 1.11. The molecule has 0 amide bonds. The monoisotopic (exact) mass is 311 g/mol. The number of nitrogens with two attached hydrogens (primary N) is 1. The van der Waals surface area contributed by atoms with Crippen LogP contribution in [-0.2, 0) is 10.0 Å². The van der Waals surface area contributed by atoms with Crippen LogP contribution < -0.4 is 10.5 Å². The molecular weight excluding hydrogens is 286 g/mol. The Labute approximate surface area is 127 Å². The van der Waals surface area contributed by atoms with Crippen LogP contribution in [0.15, 0.2) is 29.2 Å². The average Bonchev–Trinajstić information content (AvgIpc) is 2.46. The number of rotatable bonds is 5. The molecule has 1 heterocycles. The van der Waals surface area contributed by atoms with Gasteiger partial charge in [-0.15, -0.1) is 0 Å². The Bertz CT molecular complexity index is 551. The first-order valence-electron chi connectivity index (χ1n) is 7.41. The first-order valence-corrected chi connectivity index (χ1v) is 8.96. The fraction of sp³-hybridized carbons (Fsp3) is 0.600. The smallest absolute Gasteiger partial charge is 0.238 e. The molecule has 1 aliphatic heterocycles. The van der Waals surface area contributed by atoms with Gasteiger partial charge in [0.15, 0.2) is 0 Å². The number of piperidine rings is 1. The van der Waals surface area contributed by atoms with Crippen molar-refractivity contribution in [3.63, 3.8) is 0 Å². The van der Waals surface area contributed by atoms with Crippen LogP contribution in [0.4, 0.5) is 0 Å². The molecule has 1 aromatic rings. The van der Waals surface area contributed by atoms with Crippen molar-refractivity contribution in [1.29, 1.82) is 0 Å². The first-order chi connectivity index (χ1) is 9.88. The first kappa shape index (κ1) is 16.4. The van der Waals surface area contributed by atoms with Gasteiger partial charge in [-0.05, 0) is 63.5 Å². The molecule has 21 heavy (non-hydrogen) atoms. The van der Waals surface area contributed by atoms with Gasteiger partial charge in [0.2, 0.25) is 10.0 Å². The van der Waals surface area contributed by atoms with E-state index < -0.39 is 10.0 Å². The summed E-state index contributed by atoms with van der Waals surface area (Å²) >= 11 is 0. The Hall–Kier alpha value is -0.950. The van der Waals surface area contributed by atoms with Gasteiger partial charge in [-0.25, -0.2) is 13.6 Å². The highest BCUT2D eigenvalue weighted by Gasteiger charge is 2.19. The predicted molar refractivity (Wildman–Crippen MR) is 84.5 cm³/mol. The van der Waals surface area contributed by atoms with Gasteiger partial charge in [0.25, 0.3) is 0 Å². The van der Waals surface area contributed by atoms with Crippen LogP contribution in [0.3, 0.4) is 0 Å². The molecule has 1 fully saturated rings. The summed E-state index contributed by atoms with van der Waals surface area (Å²) in [5.74, 6) is 0.738. The molecule has 0 saturated carbocycles. The highest BCUT2D eigenvalue weighted by Crippen LogP contribution is 2.23. The zero-order valence-electron chi connectivity index (χ0n) is 12.7. The van der Waals surface area contributed by atoms with Crippen molar-refractivity contribution >= 4 is 10.0 Å². The minimum Gasteiger partial charge on any atom is -0.317 e. The molecule has 2 rings (SSSR count). The van der Waals surface area contributed by atoms with E-state index in [-0.39, 0.29) is 10.9 Å². The van der Waals surface area contributed by atoms with Gasteiger partial charge in [0.05, 0.1) is 4.90 Å². The minimum absolute atomic E-state index is 0.166. The van der Waals surface area contributed by atoms with Crippen LogP contribution in [0.1, 0.15) is 31.4 Å². The van der Waals surface area contributed by atoms with Crippen LogP contribution in [0.5, 0.6) is 0 Å². The van der Waals surface area contributed by atoms with E-state index >= 15 is 0 Å². The molecule has 0 aromatic heterocycles. The summed E-state index contributed by atoms with van der Waals surface area (Å²) in [6.07, 6.45) is 2.45. The van der Waals surface area contributed by atoms with Crippen molar-refractivity contribution < 1.29 is 8.42 Å². The minimum atomic E-state index is -3.61. The fourth-order valence-corrected chi connectivity index (χ4v) is 3.34. The van der Waals surface area contributed by atoms with E-state index in [1.54, 1.807) is 12.1 Å². The standard InChI is InChI=1S/C15H25N3O2S/c1-12(18(2)11-13-7-9-17-10-8-13)14-3-5-15(6-4-14)21(16,19)20/h3-6,12-13,17H,7-11H2,1-2H3,(H2,16,19,20). The molecule has 0 radical (unpaired) electrons. The van der Waals surface area contributed by atoms with Gasteiger partial charge in [-0.1, -0.05) is 12.1 Å². The number of sulfonamides is 1. The lowest BCUT2D eigenvalue weighted by molar-refractivity contribution is 0.196. The summed E-state index contributed by atoms with van der Waals surface area (Å²) in [4.78, 5) is 2.50. The van der Waals surface area contributed by atoms with Crippen molar-refractivity contribution in [2.45, 2.75) is 30.7 Å². The molecule has 1 atom stereocenters. The normalized spacial score (nSPS) is 18.9. The van der Waals surface area contributed by atoms with Crippen LogP contribution in [0.2, 0.25) is 0 Å². The molecule has 118 valence electrons. The Kier molecular flexibility index (Phi) is 5.37. The average molecular weight is 311 g/mol. The maximum atomic E-state index is 11.3. The van der Waals surface area contributed by atoms with Crippen LogP contribution in [0.25, 0.3) is 0 Å². The molecule has 0 spiro atoms. The Morgan fingerprint density at radius 3 is 2.38 bits per heavy atom. The van der Waals surface area contributed by atoms with E-state index in [4.69, 9.17) is 5.14 Å². The lowest BCUT2D eigenvalue weighted by Gasteiger charge is -2.31. The third-order valence-electron chi connectivity index (χ3n) is 4.36. The molecule has 0 aliphatic carbocycles. The number of nitrogens with zero attached hydrogens (tertiary/aromatic N) is 1. The topological polar surface area (TPSA) is 75.4 Å². The molecule has 0 bridgehead atoms. The van der Waals surface area contributed by atoms with E-state index in [0.29, 0.717) is 0 Å². The van der Waals surface area contributed by atoms with Crippen molar-refractivity contribution in [3.05, 3.63) is 29.8 Å². The number of hydrogen-bond acceptors (Lipinski definition) is 4. The summed E-state index contributed by atoms with van der Waals surface area (Å²) in [5, 5.41) is 8.50. The van der Waals surface area contributed by atoms with Gasteiger partial charge >= 0.3 is 0 Å². The maximum absolute atomic E-state index is 11.3. The van der Waals surface area contributed by atoms with E-state index in [9.17, 15) is 8.42 Å². The zero-order chi connectivity index (χ0) is 15.5. The summed E-state index contributed by atoms with van der Waals surface area (Å²) in [6, 6.07) is 7.13. The zero-order valence-corrected chi connectivity index (χ0v) is 13.6. The fourth-order valence-electron chi connectivity index (χ4n) is 2.82. The van der Waals surface area contributed by atoms with Crippen molar-refractivity contribution in [3.8, 4) is 0 Å². The summed E-state index contributed by atoms with van der Waals surface area (Å²) in [6.45, 7) is 5.43. The molecule has 1 saturated heterocycles. The van der Waals surface area contributed by atoms with E-state index in [1.165, 1.54) is 12.8 Å². The lowest BCUT2D eigenvalue weighted by Crippen LogP contribution is -2.35. The van der Waals surface area contributed by atoms with Gasteiger partial charge < -0.3 is 5.32 Å². The third-order valence-corrected chi connectivity index (χ3v) is 5.29. The largest absolute Gasteiger partial charge is 0.317 e. The highest BCUT2D eigenvalue weighted by molar-refractivity contribution is 7.89. The van der Waals surface area contributed by atoms with Crippen molar-refractivity contribution in [1.82, 2.24) is 10.2 Å². The van der Waals surface area contributed by atoms with Gasteiger partial charge in [-0.3, -0.25) is 4.90 Å². The van der Waals surface area contributed by atoms with Crippen molar-refractivity contribution in [2.24, 2.45) is 11.1 Å². The number of benzene rings is 1. The molecular formula is C15H25N3O2S. The van der Waals surface area contributed by atoms with Crippen LogP contribution in [0, 0.1) is 5.92 Å². The van der Waals surface area contributed by atoms with Crippen molar-refractivity contribution in [2.75, 3.05) is 26.7 Å². The molecule has 1 unspecified atom stereocenters. The predicted octanol–water partition coefficient (Wildman–Crippen LogP) is 1.33. The van der Waals surface area contributed by atoms with E-state index in [0.717, 1.165) is 31.1 Å².